The van der Waals surface area contributed by atoms with Gasteiger partial charge in [0.15, 0.2) is 0 Å². The fraction of sp³-hybridized carbons (Fsp3) is 0.312. The third-order valence-corrected chi connectivity index (χ3v) is 3.32. The van der Waals surface area contributed by atoms with Crippen LogP contribution in [0.4, 0.5) is 0 Å². The molecule has 0 unspecified atom stereocenters. The van der Waals surface area contributed by atoms with Crippen LogP contribution in [-0.2, 0) is 4.74 Å². The number of carbonyl (C=O) groups excluding carboxylic acids is 1. The Morgan fingerprint density at radius 1 is 1.09 bits per heavy atom. The number of esters is 1. The lowest BCUT2D eigenvalue weighted by Gasteiger charge is -2.32. The SMILES string of the molecule is COc1ncc(-c2cccc3c2C(=O)OC(C)(C)O3)c(OC)n1. The van der Waals surface area contributed by atoms with Crippen molar-refractivity contribution in [3.63, 3.8) is 0 Å². The zero-order chi connectivity index (χ0) is 16.6. The van der Waals surface area contributed by atoms with E-state index < -0.39 is 11.8 Å². The van der Waals surface area contributed by atoms with Gasteiger partial charge in [-0.05, 0) is 6.07 Å². The van der Waals surface area contributed by atoms with Crippen LogP contribution in [0.5, 0.6) is 17.6 Å². The average molecular weight is 316 g/mol. The topological polar surface area (TPSA) is 79.8 Å². The van der Waals surface area contributed by atoms with Gasteiger partial charge in [-0.15, -0.1) is 0 Å². The van der Waals surface area contributed by atoms with Gasteiger partial charge in [-0.3, -0.25) is 0 Å². The van der Waals surface area contributed by atoms with Crippen molar-refractivity contribution in [3.8, 4) is 28.8 Å². The van der Waals surface area contributed by atoms with Crippen LogP contribution >= 0.6 is 0 Å². The van der Waals surface area contributed by atoms with Crippen molar-refractivity contribution in [1.29, 1.82) is 0 Å². The molecule has 1 aliphatic heterocycles. The monoisotopic (exact) mass is 316 g/mol. The van der Waals surface area contributed by atoms with E-state index in [-0.39, 0.29) is 6.01 Å². The summed E-state index contributed by atoms with van der Waals surface area (Å²) in [7, 11) is 2.95. The number of nitrogens with zero attached hydrogens (tertiary/aromatic N) is 2. The second-order valence-corrected chi connectivity index (χ2v) is 5.35. The van der Waals surface area contributed by atoms with Crippen molar-refractivity contribution in [2.24, 2.45) is 0 Å². The molecule has 7 heteroatoms. The maximum atomic E-state index is 12.4. The first-order chi connectivity index (χ1) is 10.9. The van der Waals surface area contributed by atoms with E-state index in [1.165, 1.54) is 20.4 Å². The smallest absolute Gasteiger partial charge is 0.345 e. The van der Waals surface area contributed by atoms with E-state index in [0.717, 1.165) is 0 Å². The van der Waals surface area contributed by atoms with Gasteiger partial charge in [0.1, 0.15) is 11.3 Å². The van der Waals surface area contributed by atoms with Gasteiger partial charge >= 0.3 is 12.0 Å². The third kappa shape index (κ3) is 2.65. The number of aromatic nitrogens is 2. The molecule has 0 aliphatic carbocycles. The fourth-order valence-corrected chi connectivity index (χ4v) is 2.40. The highest BCUT2D eigenvalue weighted by Gasteiger charge is 2.36. The Morgan fingerprint density at radius 3 is 2.57 bits per heavy atom. The van der Waals surface area contributed by atoms with E-state index in [9.17, 15) is 4.79 Å². The normalized spacial score (nSPS) is 15.2. The molecule has 1 aromatic carbocycles. The molecule has 0 atom stereocenters. The average Bonchev–Trinajstić information content (AvgIpc) is 2.52. The summed E-state index contributed by atoms with van der Waals surface area (Å²) in [6.07, 6.45) is 1.54. The fourth-order valence-electron chi connectivity index (χ4n) is 2.40. The van der Waals surface area contributed by atoms with Crippen molar-refractivity contribution in [2.45, 2.75) is 19.6 Å². The molecule has 1 aliphatic rings. The minimum absolute atomic E-state index is 0.176. The number of rotatable bonds is 3. The van der Waals surface area contributed by atoms with Crippen LogP contribution < -0.4 is 14.2 Å². The zero-order valence-corrected chi connectivity index (χ0v) is 13.2. The molecule has 0 bridgehead atoms. The molecule has 2 heterocycles. The molecule has 7 nitrogen and oxygen atoms in total. The van der Waals surface area contributed by atoms with E-state index in [4.69, 9.17) is 18.9 Å². The highest BCUT2D eigenvalue weighted by Crippen LogP contribution is 2.40. The minimum Gasteiger partial charge on any atom is -0.480 e. The van der Waals surface area contributed by atoms with E-state index in [1.807, 2.05) is 0 Å². The van der Waals surface area contributed by atoms with Gasteiger partial charge in [0, 0.05) is 25.6 Å². The third-order valence-electron chi connectivity index (χ3n) is 3.32. The summed E-state index contributed by atoms with van der Waals surface area (Å²) in [5.74, 6) is -0.738. The van der Waals surface area contributed by atoms with Crippen LogP contribution in [0.15, 0.2) is 24.4 Å². The van der Waals surface area contributed by atoms with Crippen molar-refractivity contribution >= 4 is 5.97 Å². The van der Waals surface area contributed by atoms with Crippen LogP contribution in [-0.4, -0.2) is 35.9 Å². The standard InChI is InChI=1S/C16H16N2O5/c1-16(2)22-11-7-5-6-9(12(11)14(19)23-16)10-8-17-15(21-4)18-13(10)20-3/h5-8H,1-4H3. The van der Waals surface area contributed by atoms with Crippen LogP contribution in [0.25, 0.3) is 11.1 Å². The predicted molar refractivity (Wildman–Crippen MR) is 80.7 cm³/mol. The molecule has 3 rings (SSSR count). The Bertz CT molecular complexity index is 773. The van der Waals surface area contributed by atoms with Gasteiger partial charge in [0.2, 0.25) is 11.7 Å². The first-order valence-corrected chi connectivity index (χ1v) is 6.96. The van der Waals surface area contributed by atoms with E-state index in [2.05, 4.69) is 9.97 Å². The number of methoxy groups -OCH3 is 2. The summed E-state index contributed by atoms with van der Waals surface area (Å²) in [6.45, 7) is 3.36. The molecule has 0 amide bonds. The molecular weight excluding hydrogens is 300 g/mol. The van der Waals surface area contributed by atoms with Gasteiger partial charge in [-0.2, -0.15) is 4.98 Å². The summed E-state index contributed by atoms with van der Waals surface area (Å²) in [4.78, 5) is 20.6. The van der Waals surface area contributed by atoms with Crippen LogP contribution in [0.3, 0.4) is 0 Å². The Balaban J connectivity index is 2.18. The first kappa shape index (κ1) is 15.1. The zero-order valence-electron chi connectivity index (χ0n) is 13.2. The number of ether oxygens (including phenoxy) is 4. The predicted octanol–water partition coefficient (Wildman–Crippen LogP) is 2.45. The quantitative estimate of drug-likeness (QED) is 0.805. The van der Waals surface area contributed by atoms with Crippen LogP contribution in [0, 0.1) is 0 Å². The molecule has 2 aromatic rings. The first-order valence-electron chi connectivity index (χ1n) is 6.96. The van der Waals surface area contributed by atoms with E-state index in [0.29, 0.717) is 28.3 Å². The molecule has 0 spiro atoms. The molecule has 0 N–H and O–H groups in total. The lowest BCUT2D eigenvalue weighted by atomic mass is 9.99. The lowest BCUT2D eigenvalue weighted by Crippen LogP contribution is -2.39. The number of hydrogen-bond donors (Lipinski definition) is 0. The summed E-state index contributed by atoms with van der Waals surface area (Å²) in [5, 5.41) is 0. The van der Waals surface area contributed by atoms with Gasteiger partial charge in [0.25, 0.3) is 0 Å². The van der Waals surface area contributed by atoms with E-state index >= 15 is 0 Å². The molecule has 0 radical (unpaired) electrons. The maximum Gasteiger partial charge on any atom is 0.345 e. The number of fused-ring (bicyclic) bond motifs is 1. The lowest BCUT2D eigenvalue weighted by molar-refractivity contribution is -0.127. The number of benzene rings is 1. The van der Waals surface area contributed by atoms with Crippen molar-refractivity contribution in [3.05, 3.63) is 30.0 Å². The Morgan fingerprint density at radius 2 is 1.87 bits per heavy atom. The largest absolute Gasteiger partial charge is 0.480 e. The number of hydrogen-bond acceptors (Lipinski definition) is 7. The molecular formula is C16H16N2O5. The summed E-state index contributed by atoms with van der Waals surface area (Å²) in [6, 6.07) is 5.44. The minimum atomic E-state index is -1.01. The summed E-state index contributed by atoms with van der Waals surface area (Å²) >= 11 is 0. The van der Waals surface area contributed by atoms with Crippen molar-refractivity contribution in [2.75, 3.05) is 14.2 Å². The van der Waals surface area contributed by atoms with Crippen LogP contribution in [0.1, 0.15) is 24.2 Å². The molecule has 1 aromatic heterocycles. The Hall–Kier alpha value is -2.83. The van der Waals surface area contributed by atoms with Crippen LogP contribution in [0.2, 0.25) is 0 Å². The Kier molecular flexibility index (Phi) is 3.55. The number of cyclic esters (lactones) is 1. The molecule has 0 fully saturated rings. The second kappa shape index (κ2) is 5.42. The van der Waals surface area contributed by atoms with Gasteiger partial charge in [0.05, 0.1) is 19.8 Å². The number of carbonyl (C=O) groups is 1. The summed E-state index contributed by atoms with van der Waals surface area (Å²) < 4.78 is 21.3. The summed E-state index contributed by atoms with van der Waals surface area (Å²) in [5.41, 5.74) is 1.44. The molecule has 120 valence electrons. The highest BCUT2D eigenvalue weighted by atomic mass is 16.7. The molecule has 23 heavy (non-hydrogen) atoms. The van der Waals surface area contributed by atoms with Gasteiger partial charge < -0.3 is 18.9 Å². The van der Waals surface area contributed by atoms with Gasteiger partial charge in [-0.1, -0.05) is 12.1 Å². The molecule has 0 saturated heterocycles. The molecule has 0 saturated carbocycles. The van der Waals surface area contributed by atoms with Crippen molar-refractivity contribution < 1.29 is 23.7 Å². The second-order valence-electron chi connectivity index (χ2n) is 5.35. The van der Waals surface area contributed by atoms with Gasteiger partial charge in [-0.25, -0.2) is 9.78 Å². The Labute approximate surface area is 133 Å². The highest BCUT2D eigenvalue weighted by molar-refractivity contribution is 6.01. The maximum absolute atomic E-state index is 12.4. The van der Waals surface area contributed by atoms with Crippen molar-refractivity contribution in [1.82, 2.24) is 9.97 Å². The van der Waals surface area contributed by atoms with E-state index in [1.54, 1.807) is 32.0 Å².